The highest BCUT2D eigenvalue weighted by molar-refractivity contribution is 6.55. The summed E-state index contributed by atoms with van der Waals surface area (Å²) in [4.78, 5) is 5.11. The van der Waals surface area contributed by atoms with Crippen molar-refractivity contribution in [2.24, 2.45) is 5.16 Å². The topological polar surface area (TPSA) is 40.0 Å². The Bertz CT molecular complexity index is 625. The van der Waals surface area contributed by atoms with E-state index in [0.717, 1.165) is 11.3 Å². The number of hydrogen-bond donors (Lipinski definition) is 0. The Hall–Kier alpha value is -1.46. The van der Waals surface area contributed by atoms with Gasteiger partial charge in [-0.05, 0) is 44.9 Å². The molecule has 0 saturated carbocycles. The summed E-state index contributed by atoms with van der Waals surface area (Å²) >= 11 is 11.0. The lowest BCUT2D eigenvalue weighted by molar-refractivity contribution is 0.127. The minimum absolute atomic E-state index is 0.0811. The molecule has 0 aliphatic rings. The second-order valence-electron chi connectivity index (χ2n) is 5.55. The molecule has 0 N–H and O–H groups in total. The van der Waals surface area contributed by atoms with Crippen LogP contribution in [0.4, 0.5) is 4.39 Å². The molecule has 140 valence electrons. The first-order valence-corrected chi connectivity index (χ1v) is 8.84. The Balaban J connectivity index is 2.75. The summed E-state index contributed by atoms with van der Waals surface area (Å²) in [5.41, 5.74) is 2.14. The van der Waals surface area contributed by atoms with Gasteiger partial charge >= 0.3 is 0 Å². The Morgan fingerprint density at radius 2 is 1.96 bits per heavy atom. The fraction of sp³-hybridized carbons (Fsp3) is 0.500. The lowest BCUT2D eigenvalue weighted by atomic mass is 10.1. The van der Waals surface area contributed by atoms with E-state index in [4.69, 9.17) is 37.5 Å². The van der Waals surface area contributed by atoms with Gasteiger partial charge in [-0.3, -0.25) is 0 Å². The van der Waals surface area contributed by atoms with Crippen LogP contribution in [-0.2, 0) is 11.3 Å². The van der Waals surface area contributed by atoms with E-state index in [2.05, 4.69) is 5.16 Å². The van der Waals surface area contributed by atoms with Gasteiger partial charge in [0.1, 0.15) is 23.5 Å². The molecule has 0 bridgehead atoms. The molecule has 1 rings (SSSR count). The van der Waals surface area contributed by atoms with Crippen molar-refractivity contribution in [2.45, 2.75) is 40.5 Å². The molecule has 0 heterocycles. The van der Waals surface area contributed by atoms with Gasteiger partial charge in [-0.2, -0.15) is 0 Å². The molecule has 0 radical (unpaired) electrons. The maximum absolute atomic E-state index is 14.6. The van der Waals surface area contributed by atoms with Gasteiger partial charge in [-0.1, -0.05) is 35.3 Å². The number of oxime groups is 1. The zero-order valence-corrected chi connectivity index (χ0v) is 16.5. The van der Waals surface area contributed by atoms with Crippen molar-refractivity contribution < 1.29 is 18.7 Å². The van der Waals surface area contributed by atoms with Crippen LogP contribution in [0.25, 0.3) is 0 Å². The van der Waals surface area contributed by atoms with Gasteiger partial charge in [-0.25, -0.2) is 4.39 Å². The van der Waals surface area contributed by atoms with Gasteiger partial charge in [-0.15, -0.1) is 0 Å². The van der Waals surface area contributed by atoms with Crippen molar-refractivity contribution >= 4 is 28.9 Å². The monoisotopic (exact) mass is 391 g/mol. The number of ether oxygens (including phenoxy) is 2. The van der Waals surface area contributed by atoms with E-state index in [1.165, 1.54) is 6.08 Å². The Labute approximate surface area is 158 Å². The van der Waals surface area contributed by atoms with E-state index in [0.29, 0.717) is 37.4 Å². The molecule has 0 atom stereocenters. The van der Waals surface area contributed by atoms with Crippen LogP contribution in [0.3, 0.4) is 0 Å². The van der Waals surface area contributed by atoms with Crippen LogP contribution in [0.2, 0.25) is 0 Å². The Morgan fingerprint density at radius 3 is 2.56 bits per heavy atom. The average molecular weight is 392 g/mol. The zero-order valence-electron chi connectivity index (χ0n) is 15.0. The summed E-state index contributed by atoms with van der Waals surface area (Å²) in [5, 5.41) is 3.85. The highest BCUT2D eigenvalue weighted by atomic mass is 35.5. The number of aryl methyl sites for hydroxylation is 1. The molecular formula is C18H24Cl2FNO3. The first-order chi connectivity index (χ1) is 11.9. The second kappa shape index (κ2) is 11.2. The molecule has 7 heteroatoms. The standard InChI is InChI=1S/C18H24Cl2FNO3/c1-5-14-17(21)15(23-10-7-16(19)20)11-13(4)18(14)24-8-6-9-25-22-12(2)3/h7,11H,5-6,8-10H2,1-4H3. The van der Waals surface area contributed by atoms with Crippen LogP contribution in [-0.4, -0.2) is 25.5 Å². The van der Waals surface area contributed by atoms with Crippen molar-refractivity contribution in [2.75, 3.05) is 19.8 Å². The maximum Gasteiger partial charge on any atom is 0.171 e. The fourth-order valence-corrected chi connectivity index (χ4v) is 2.23. The molecule has 0 saturated heterocycles. The van der Waals surface area contributed by atoms with Gasteiger partial charge < -0.3 is 14.3 Å². The summed E-state index contributed by atoms with van der Waals surface area (Å²) in [7, 11) is 0. The van der Waals surface area contributed by atoms with Crippen molar-refractivity contribution in [1.82, 2.24) is 0 Å². The minimum atomic E-state index is -0.426. The van der Waals surface area contributed by atoms with E-state index in [1.807, 2.05) is 27.7 Å². The van der Waals surface area contributed by atoms with E-state index < -0.39 is 5.82 Å². The highest BCUT2D eigenvalue weighted by Crippen LogP contribution is 2.33. The van der Waals surface area contributed by atoms with Crippen LogP contribution in [0.1, 0.15) is 38.3 Å². The van der Waals surface area contributed by atoms with Gasteiger partial charge in [0.15, 0.2) is 11.6 Å². The first-order valence-electron chi connectivity index (χ1n) is 8.08. The van der Waals surface area contributed by atoms with Crippen LogP contribution in [0, 0.1) is 12.7 Å². The van der Waals surface area contributed by atoms with E-state index in [1.54, 1.807) is 6.07 Å². The minimum Gasteiger partial charge on any atom is -0.493 e. The first kappa shape index (κ1) is 21.6. The lowest BCUT2D eigenvalue weighted by Crippen LogP contribution is -2.07. The van der Waals surface area contributed by atoms with Gasteiger partial charge in [0.25, 0.3) is 0 Å². The molecule has 1 aromatic rings. The normalized spacial score (nSPS) is 10.2. The highest BCUT2D eigenvalue weighted by Gasteiger charge is 2.17. The summed E-state index contributed by atoms with van der Waals surface area (Å²) < 4.78 is 25.9. The van der Waals surface area contributed by atoms with E-state index in [-0.39, 0.29) is 16.8 Å². The molecule has 0 amide bonds. The number of benzene rings is 1. The number of halogens is 3. The summed E-state index contributed by atoms with van der Waals surface area (Å²) in [6.07, 6.45) is 2.59. The molecule has 1 aromatic carbocycles. The molecule has 4 nitrogen and oxygen atoms in total. The zero-order chi connectivity index (χ0) is 18.8. The molecule has 0 unspecified atom stereocenters. The molecule has 0 spiro atoms. The molecule has 0 fully saturated rings. The maximum atomic E-state index is 14.6. The number of hydrogen-bond acceptors (Lipinski definition) is 4. The van der Waals surface area contributed by atoms with Crippen molar-refractivity contribution in [1.29, 1.82) is 0 Å². The van der Waals surface area contributed by atoms with Gasteiger partial charge in [0.2, 0.25) is 0 Å². The third-order valence-corrected chi connectivity index (χ3v) is 3.47. The van der Waals surface area contributed by atoms with Crippen molar-refractivity contribution in [3.63, 3.8) is 0 Å². The van der Waals surface area contributed by atoms with Crippen LogP contribution < -0.4 is 9.47 Å². The van der Waals surface area contributed by atoms with Crippen LogP contribution in [0.5, 0.6) is 11.5 Å². The third-order valence-electron chi connectivity index (χ3n) is 3.16. The van der Waals surface area contributed by atoms with Gasteiger partial charge in [0, 0.05) is 12.0 Å². The molecule has 0 aromatic heterocycles. The lowest BCUT2D eigenvalue weighted by Gasteiger charge is -2.17. The van der Waals surface area contributed by atoms with Crippen molar-refractivity contribution in [3.05, 3.63) is 33.6 Å². The van der Waals surface area contributed by atoms with E-state index >= 15 is 0 Å². The summed E-state index contributed by atoms with van der Waals surface area (Å²) in [6, 6.07) is 1.61. The molecule has 0 aliphatic heterocycles. The Kier molecular flexibility index (Phi) is 9.68. The smallest absolute Gasteiger partial charge is 0.171 e. The second-order valence-corrected chi connectivity index (χ2v) is 6.55. The Morgan fingerprint density at radius 1 is 1.24 bits per heavy atom. The van der Waals surface area contributed by atoms with E-state index in [9.17, 15) is 4.39 Å². The van der Waals surface area contributed by atoms with Gasteiger partial charge in [0.05, 0.1) is 12.3 Å². The number of nitrogens with zero attached hydrogens (tertiary/aromatic N) is 1. The fourth-order valence-electron chi connectivity index (χ4n) is 2.10. The molecule has 0 aliphatic carbocycles. The SMILES string of the molecule is CCc1c(F)c(OCC=C(Cl)Cl)cc(C)c1OCCCON=C(C)C. The number of rotatable bonds is 10. The quantitative estimate of drug-likeness (QED) is 0.297. The average Bonchev–Trinajstić information content (AvgIpc) is 2.54. The predicted molar refractivity (Wildman–Crippen MR) is 101 cm³/mol. The molecular weight excluding hydrogens is 368 g/mol. The van der Waals surface area contributed by atoms with Crippen LogP contribution >= 0.6 is 23.2 Å². The third kappa shape index (κ3) is 7.53. The molecule has 25 heavy (non-hydrogen) atoms. The summed E-state index contributed by atoms with van der Waals surface area (Å²) in [6.45, 7) is 8.39. The van der Waals surface area contributed by atoms with Crippen LogP contribution in [0.15, 0.2) is 21.8 Å². The largest absolute Gasteiger partial charge is 0.493 e. The van der Waals surface area contributed by atoms with Crippen molar-refractivity contribution in [3.8, 4) is 11.5 Å². The summed E-state index contributed by atoms with van der Waals surface area (Å²) in [5.74, 6) is 0.279. The predicted octanol–water partition coefficient (Wildman–Crippen LogP) is 5.58.